The summed E-state index contributed by atoms with van der Waals surface area (Å²) in [5.41, 5.74) is 7.16. The number of benzene rings is 1. The number of guanidine groups is 1. The molecule has 0 aliphatic carbocycles. The first-order chi connectivity index (χ1) is 9.06. The van der Waals surface area contributed by atoms with E-state index >= 15 is 0 Å². The average molecular weight is 522 g/mol. The Labute approximate surface area is 155 Å². The lowest BCUT2D eigenvalue weighted by atomic mass is 10.2. The van der Waals surface area contributed by atoms with E-state index in [1.165, 1.54) is 0 Å². The Morgan fingerprint density at radius 3 is 3.00 bits per heavy atom. The van der Waals surface area contributed by atoms with E-state index in [1.807, 2.05) is 25.1 Å². The highest BCUT2D eigenvalue weighted by atomic mass is 127. The highest BCUT2D eigenvalue weighted by Crippen LogP contribution is 2.18. The normalized spacial score (nSPS) is 19.6. The van der Waals surface area contributed by atoms with Crippen molar-refractivity contribution in [2.75, 3.05) is 19.7 Å². The van der Waals surface area contributed by atoms with Crippen LogP contribution >= 0.6 is 58.2 Å². The first-order valence-electron chi connectivity index (χ1n) is 6.16. The summed E-state index contributed by atoms with van der Waals surface area (Å²) in [5.74, 6) is 0.584. The molecule has 0 spiro atoms. The molecule has 1 unspecified atom stereocenters. The summed E-state index contributed by atoms with van der Waals surface area (Å²) in [6.45, 7) is 4.93. The van der Waals surface area contributed by atoms with Crippen molar-refractivity contribution >= 4 is 64.1 Å². The number of morpholine rings is 1. The second kappa shape index (κ2) is 8.60. The van der Waals surface area contributed by atoms with E-state index in [9.17, 15) is 0 Å². The van der Waals surface area contributed by atoms with Gasteiger partial charge in [0, 0.05) is 21.7 Å². The van der Waals surface area contributed by atoms with Gasteiger partial charge in [-0.05, 0) is 47.2 Å². The quantitative estimate of drug-likeness (QED) is 0.370. The van der Waals surface area contributed by atoms with Crippen LogP contribution in [0.5, 0.6) is 0 Å². The molecule has 0 amide bonds. The lowest BCUT2D eigenvalue weighted by Gasteiger charge is -2.31. The van der Waals surface area contributed by atoms with Gasteiger partial charge in [0.1, 0.15) is 0 Å². The highest BCUT2D eigenvalue weighted by Gasteiger charge is 2.17. The van der Waals surface area contributed by atoms with Crippen LogP contribution < -0.4 is 5.73 Å². The number of halogens is 3. The van der Waals surface area contributed by atoms with Crippen molar-refractivity contribution in [3.63, 3.8) is 0 Å². The van der Waals surface area contributed by atoms with Crippen LogP contribution in [0.3, 0.4) is 0 Å². The molecule has 20 heavy (non-hydrogen) atoms. The Kier molecular flexibility index (Phi) is 7.84. The molecular formula is C13H18ClI2N3O. The van der Waals surface area contributed by atoms with Gasteiger partial charge in [-0.25, -0.2) is 4.99 Å². The predicted molar refractivity (Wildman–Crippen MR) is 102 cm³/mol. The second-order valence-electron chi connectivity index (χ2n) is 4.54. The lowest BCUT2D eigenvalue weighted by molar-refractivity contribution is 0.00529. The molecule has 1 heterocycles. The zero-order chi connectivity index (χ0) is 13.8. The van der Waals surface area contributed by atoms with Gasteiger partial charge in [0.15, 0.2) is 5.96 Å². The zero-order valence-corrected chi connectivity index (χ0v) is 16.4. The van der Waals surface area contributed by atoms with Crippen LogP contribution in [0.15, 0.2) is 23.2 Å². The van der Waals surface area contributed by atoms with E-state index in [-0.39, 0.29) is 30.1 Å². The maximum absolute atomic E-state index is 6.03. The molecule has 1 aliphatic heterocycles. The van der Waals surface area contributed by atoms with Crippen LogP contribution in [-0.2, 0) is 11.3 Å². The summed E-state index contributed by atoms with van der Waals surface area (Å²) in [6, 6.07) is 5.80. The smallest absolute Gasteiger partial charge is 0.191 e. The number of aliphatic imine (C=N–C) groups is 1. The Bertz CT molecular complexity index is 485. The van der Waals surface area contributed by atoms with E-state index < -0.39 is 0 Å². The monoisotopic (exact) mass is 521 g/mol. The van der Waals surface area contributed by atoms with Crippen molar-refractivity contribution < 1.29 is 4.74 Å². The van der Waals surface area contributed by atoms with Gasteiger partial charge in [0.05, 0.1) is 19.3 Å². The summed E-state index contributed by atoms with van der Waals surface area (Å²) in [5, 5.41) is 0.743. The van der Waals surface area contributed by atoms with Gasteiger partial charge in [-0.1, -0.05) is 17.7 Å². The minimum atomic E-state index is 0. The minimum Gasteiger partial charge on any atom is -0.375 e. The fourth-order valence-electron chi connectivity index (χ4n) is 1.94. The molecular weight excluding hydrogens is 503 g/mol. The van der Waals surface area contributed by atoms with Gasteiger partial charge >= 0.3 is 0 Å². The summed E-state index contributed by atoms with van der Waals surface area (Å²) in [6.07, 6.45) is 0.207. The van der Waals surface area contributed by atoms with Crippen LogP contribution in [0.4, 0.5) is 0 Å². The van der Waals surface area contributed by atoms with Crippen molar-refractivity contribution in [1.29, 1.82) is 0 Å². The number of nitrogens with zero attached hydrogens (tertiary/aromatic N) is 2. The summed E-state index contributed by atoms with van der Waals surface area (Å²) in [4.78, 5) is 6.53. The zero-order valence-electron chi connectivity index (χ0n) is 11.2. The number of hydrogen-bond acceptors (Lipinski definition) is 2. The van der Waals surface area contributed by atoms with Crippen LogP contribution in [-0.4, -0.2) is 36.7 Å². The molecule has 0 radical (unpaired) electrons. The van der Waals surface area contributed by atoms with Gasteiger partial charge in [0.25, 0.3) is 0 Å². The van der Waals surface area contributed by atoms with Gasteiger partial charge in [0.2, 0.25) is 0 Å². The van der Waals surface area contributed by atoms with Crippen molar-refractivity contribution in [2.45, 2.75) is 19.6 Å². The predicted octanol–water partition coefficient (Wildman–Crippen LogP) is 3.10. The Morgan fingerprint density at radius 2 is 2.35 bits per heavy atom. The molecule has 1 aliphatic rings. The maximum Gasteiger partial charge on any atom is 0.191 e. The molecule has 1 atom stereocenters. The van der Waals surface area contributed by atoms with Crippen molar-refractivity contribution in [2.24, 2.45) is 10.7 Å². The third-order valence-electron chi connectivity index (χ3n) is 2.99. The average Bonchev–Trinajstić information content (AvgIpc) is 2.37. The molecule has 2 rings (SSSR count). The van der Waals surface area contributed by atoms with Crippen molar-refractivity contribution in [1.82, 2.24) is 4.90 Å². The van der Waals surface area contributed by atoms with Crippen molar-refractivity contribution in [3.05, 3.63) is 32.4 Å². The van der Waals surface area contributed by atoms with Gasteiger partial charge in [-0.3, -0.25) is 0 Å². The molecule has 7 heteroatoms. The Balaban J connectivity index is 0.00000200. The second-order valence-corrected chi connectivity index (χ2v) is 6.14. The molecule has 4 nitrogen and oxygen atoms in total. The fraction of sp³-hybridized carbons (Fsp3) is 0.462. The van der Waals surface area contributed by atoms with E-state index in [0.29, 0.717) is 19.1 Å². The third kappa shape index (κ3) is 5.19. The largest absolute Gasteiger partial charge is 0.375 e. The summed E-state index contributed by atoms with van der Waals surface area (Å²) in [7, 11) is 0. The topological polar surface area (TPSA) is 50.8 Å². The van der Waals surface area contributed by atoms with Crippen LogP contribution in [0.2, 0.25) is 5.02 Å². The van der Waals surface area contributed by atoms with E-state index in [4.69, 9.17) is 22.1 Å². The van der Waals surface area contributed by atoms with Gasteiger partial charge in [-0.15, -0.1) is 24.0 Å². The number of ether oxygens (including phenoxy) is 1. The molecule has 1 saturated heterocycles. The van der Waals surface area contributed by atoms with Crippen LogP contribution in [0, 0.1) is 3.57 Å². The van der Waals surface area contributed by atoms with Gasteiger partial charge < -0.3 is 15.4 Å². The number of rotatable bonds is 2. The number of hydrogen-bond donors (Lipinski definition) is 1. The number of nitrogens with two attached hydrogens (primary N) is 1. The van der Waals surface area contributed by atoms with Gasteiger partial charge in [-0.2, -0.15) is 0 Å². The Morgan fingerprint density at radius 1 is 1.60 bits per heavy atom. The highest BCUT2D eigenvalue weighted by molar-refractivity contribution is 14.1. The summed E-state index contributed by atoms with van der Waals surface area (Å²) >= 11 is 8.19. The SMILES string of the molecule is CC1CN(C(N)=NCc2ccc(Cl)cc2I)CCO1.I. The molecule has 0 bridgehead atoms. The first kappa shape index (κ1) is 18.2. The Hall–Kier alpha value is 0.200. The maximum atomic E-state index is 6.03. The van der Waals surface area contributed by atoms with E-state index in [1.54, 1.807) is 0 Å². The molecule has 1 aromatic carbocycles. The fourth-order valence-corrected chi connectivity index (χ4v) is 2.98. The third-order valence-corrected chi connectivity index (χ3v) is 4.23. The standard InChI is InChI=1S/C13H17ClIN3O.HI/c1-9-8-18(4-5-19-9)13(16)17-7-10-2-3-11(14)6-12(10)15;/h2-3,6,9H,4-5,7-8H2,1H3,(H2,16,17);1H. The molecule has 1 fully saturated rings. The molecule has 1 aromatic rings. The van der Waals surface area contributed by atoms with Crippen LogP contribution in [0.25, 0.3) is 0 Å². The summed E-state index contributed by atoms with van der Waals surface area (Å²) < 4.78 is 6.59. The molecule has 112 valence electrons. The molecule has 2 N–H and O–H groups in total. The first-order valence-corrected chi connectivity index (χ1v) is 7.62. The van der Waals surface area contributed by atoms with Crippen molar-refractivity contribution in [3.8, 4) is 0 Å². The molecule has 0 saturated carbocycles. The lowest BCUT2D eigenvalue weighted by Crippen LogP contribution is -2.47. The molecule has 0 aromatic heterocycles. The van der Waals surface area contributed by atoms with E-state index in [2.05, 4.69) is 32.5 Å². The van der Waals surface area contributed by atoms with Crippen LogP contribution in [0.1, 0.15) is 12.5 Å². The minimum absolute atomic E-state index is 0. The van der Waals surface area contributed by atoms with E-state index in [0.717, 1.165) is 27.2 Å².